The Labute approximate surface area is 117 Å². The first-order valence-electron chi connectivity index (χ1n) is 6.53. The standard InChI is InChI=1S/C14H20FN3O2/c1-14(2)11(6-12(14)19)17-7-8-3-9(13(16)18-20)5-10(15)4-8/h3-5,11-12,17,19-20H,6-7H2,1-2H3,(H2,16,18). The number of amidine groups is 1. The molecule has 5 N–H and O–H groups in total. The van der Waals surface area contributed by atoms with E-state index in [1.54, 1.807) is 6.07 Å². The fraction of sp³-hybridized carbons (Fsp3) is 0.500. The van der Waals surface area contributed by atoms with Crippen molar-refractivity contribution in [3.8, 4) is 0 Å². The number of aliphatic hydroxyl groups excluding tert-OH is 1. The van der Waals surface area contributed by atoms with Crippen LogP contribution in [0.1, 0.15) is 31.4 Å². The Morgan fingerprint density at radius 2 is 2.20 bits per heavy atom. The van der Waals surface area contributed by atoms with Gasteiger partial charge in [0.05, 0.1) is 6.10 Å². The molecule has 110 valence electrons. The number of oxime groups is 1. The Balaban J connectivity index is 2.05. The first-order valence-corrected chi connectivity index (χ1v) is 6.53. The maximum Gasteiger partial charge on any atom is 0.170 e. The fourth-order valence-corrected chi connectivity index (χ4v) is 2.45. The summed E-state index contributed by atoms with van der Waals surface area (Å²) >= 11 is 0. The summed E-state index contributed by atoms with van der Waals surface area (Å²) in [5.74, 6) is -0.552. The Morgan fingerprint density at radius 3 is 2.75 bits per heavy atom. The third kappa shape index (κ3) is 2.76. The van der Waals surface area contributed by atoms with Gasteiger partial charge in [-0.15, -0.1) is 0 Å². The van der Waals surface area contributed by atoms with Crippen molar-refractivity contribution >= 4 is 5.84 Å². The zero-order valence-corrected chi connectivity index (χ0v) is 11.6. The summed E-state index contributed by atoms with van der Waals surface area (Å²) in [4.78, 5) is 0. The predicted molar refractivity (Wildman–Crippen MR) is 73.9 cm³/mol. The molecule has 0 heterocycles. The lowest BCUT2D eigenvalue weighted by Gasteiger charge is -2.49. The molecule has 1 aromatic rings. The van der Waals surface area contributed by atoms with Crippen molar-refractivity contribution in [2.45, 2.75) is 39.0 Å². The topological polar surface area (TPSA) is 90.9 Å². The van der Waals surface area contributed by atoms with Crippen LogP contribution in [-0.4, -0.2) is 28.3 Å². The van der Waals surface area contributed by atoms with Crippen LogP contribution in [0, 0.1) is 11.2 Å². The second-order valence-corrected chi connectivity index (χ2v) is 5.84. The number of hydrogen-bond donors (Lipinski definition) is 4. The van der Waals surface area contributed by atoms with Gasteiger partial charge in [0, 0.05) is 23.6 Å². The highest BCUT2D eigenvalue weighted by Crippen LogP contribution is 2.40. The molecule has 0 radical (unpaired) electrons. The van der Waals surface area contributed by atoms with Gasteiger partial charge in [-0.2, -0.15) is 0 Å². The van der Waals surface area contributed by atoms with Gasteiger partial charge in [-0.25, -0.2) is 4.39 Å². The van der Waals surface area contributed by atoms with E-state index in [2.05, 4.69) is 10.5 Å². The molecular weight excluding hydrogens is 261 g/mol. The minimum atomic E-state index is -0.432. The molecule has 0 aromatic heterocycles. The van der Waals surface area contributed by atoms with Gasteiger partial charge in [-0.3, -0.25) is 0 Å². The summed E-state index contributed by atoms with van der Waals surface area (Å²) in [5, 5.41) is 24.5. The zero-order chi connectivity index (χ0) is 14.9. The van der Waals surface area contributed by atoms with Crippen LogP contribution in [0.3, 0.4) is 0 Å². The van der Waals surface area contributed by atoms with Crippen LogP contribution in [0.2, 0.25) is 0 Å². The molecule has 2 atom stereocenters. The van der Waals surface area contributed by atoms with Gasteiger partial charge in [0.15, 0.2) is 5.84 Å². The van der Waals surface area contributed by atoms with Crippen molar-refractivity contribution in [1.29, 1.82) is 0 Å². The smallest absolute Gasteiger partial charge is 0.170 e. The molecule has 0 bridgehead atoms. The first-order chi connectivity index (χ1) is 9.34. The molecule has 1 saturated carbocycles. The lowest BCUT2D eigenvalue weighted by atomic mass is 9.64. The third-order valence-electron chi connectivity index (χ3n) is 4.13. The van der Waals surface area contributed by atoms with Gasteiger partial charge in [0.2, 0.25) is 0 Å². The van der Waals surface area contributed by atoms with Crippen molar-refractivity contribution in [3.63, 3.8) is 0 Å². The zero-order valence-electron chi connectivity index (χ0n) is 11.6. The molecule has 1 aromatic carbocycles. The number of nitrogens with zero attached hydrogens (tertiary/aromatic N) is 1. The normalized spacial score (nSPS) is 25.3. The van der Waals surface area contributed by atoms with Crippen molar-refractivity contribution in [3.05, 3.63) is 35.1 Å². The van der Waals surface area contributed by atoms with Gasteiger partial charge in [0.1, 0.15) is 5.82 Å². The summed E-state index contributed by atoms with van der Waals surface area (Å²) in [7, 11) is 0. The van der Waals surface area contributed by atoms with E-state index in [-0.39, 0.29) is 23.4 Å². The molecule has 0 aliphatic heterocycles. The monoisotopic (exact) mass is 281 g/mol. The highest BCUT2D eigenvalue weighted by molar-refractivity contribution is 5.97. The second-order valence-electron chi connectivity index (χ2n) is 5.84. The van der Waals surface area contributed by atoms with E-state index in [0.717, 1.165) is 0 Å². The maximum absolute atomic E-state index is 13.5. The number of benzene rings is 1. The maximum atomic E-state index is 13.5. The van der Waals surface area contributed by atoms with Crippen LogP contribution >= 0.6 is 0 Å². The van der Waals surface area contributed by atoms with E-state index in [1.165, 1.54) is 12.1 Å². The highest BCUT2D eigenvalue weighted by atomic mass is 19.1. The van der Waals surface area contributed by atoms with Crippen LogP contribution in [0.15, 0.2) is 23.4 Å². The Kier molecular flexibility index (Phi) is 3.96. The SMILES string of the molecule is CC1(C)C(O)CC1NCc1cc(F)cc(/C(N)=N/O)c1. The number of nitrogens with one attached hydrogen (secondary N) is 1. The van der Waals surface area contributed by atoms with E-state index in [0.29, 0.717) is 24.1 Å². The molecule has 6 heteroatoms. The summed E-state index contributed by atoms with van der Waals surface area (Å²) < 4.78 is 13.5. The molecule has 1 aliphatic carbocycles. The Morgan fingerprint density at radius 1 is 1.50 bits per heavy atom. The van der Waals surface area contributed by atoms with E-state index < -0.39 is 5.82 Å². The Hall–Kier alpha value is -1.66. The van der Waals surface area contributed by atoms with E-state index in [9.17, 15) is 9.50 Å². The van der Waals surface area contributed by atoms with Crippen LogP contribution < -0.4 is 11.1 Å². The molecule has 0 spiro atoms. The van der Waals surface area contributed by atoms with Gasteiger partial charge in [-0.1, -0.05) is 19.0 Å². The van der Waals surface area contributed by atoms with E-state index in [1.807, 2.05) is 13.8 Å². The lowest BCUT2D eigenvalue weighted by Crippen LogP contribution is -2.59. The molecule has 2 rings (SSSR count). The van der Waals surface area contributed by atoms with Gasteiger partial charge >= 0.3 is 0 Å². The molecule has 20 heavy (non-hydrogen) atoms. The van der Waals surface area contributed by atoms with Crippen molar-refractivity contribution in [2.24, 2.45) is 16.3 Å². The van der Waals surface area contributed by atoms with Crippen molar-refractivity contribution in [2.75, 3.05) is 0 Å². The van der Waals surface area contributed by atoms with Crippen LogP contribution in [0.5, 0.6) is 0 Å². The number of aliphatic hydroxyl groups is 1. The molecular formula is C14H20FN3O2. The van der Waals surface area contributed by atoms with Crippen LogP contribution in [-0.2, 0) is 6.54 Å². The summed E-state index contributed by atoms with van der Waals surface area (Å²) in [5.41, 5.74) is 6.34. The largest absolute Gasteiger partial charge is 0.409 e. The molecule has 1 aliphatic rings. The lowest BCUT2D eigenvalue weighted by molar-refractivity contribution is -0.0729. The number of rotatable bonds is 4. The van der Waals surface area contributed by atoms with Gasteiger partial charge < -0.3 is 21.4 Å². The molecule has 5 nitrogen and oxygen atoms in total. The fourth-order valence-electron chi connectivity index (χ4n) is 2.45. The first kappa shape index (κ1) is 14.7. The molecule has 1 fully saturated rings. The predicted octanol–water partition coefficient (Wildman–Crippen LogP) is 1.17. The van der Waals surface area contributed by atoms with Gasteiger partial charge in [0.25, 0.3) is 0 Å². The van der Waals surface area contributed by atoms with Crippen LogP contribution in [0.25, 0.3) is 0 Å². The average Bonchev–Trinajstić information content (AvgIpc) is 2.41. The third-order valence-corrected chi connectivity index (χ3v) is 4.13. The van der Waals surface area contributed by atoms with Crippen molar-refractivity contribution in [1.82, 2.24) is 5.32 Å². The molecule has 0 amide bonds. The quantitative estimate of drug-likeness (QED) is 0.288. The van der Waals surface area contributed by atoms with Crippen LogP contribution in [0.4, 0.5) is 4.39 Å². The summed E-state index contributed by atoms with van der Waals surface area (Å²) in [6.45, 7) is 4.45. The second kappa shape index (κ2) is 5.38. The summed E-state index contributed by atoms with van der Waals surface area (Å²) in [6, 6.07) is 4.49. The Bertz CT molecular complexity index is 531. The minimum Gasteiger partial charge on any atom is -0.409 e. The molecule has 2 unspecified atom stereocenters. The highest BCUT2D eigenvalue weighted by Gasteiger charge is 2.46. The number of nitrogens with two attached hydrogens (primary N) is 1. The number of halogens is 1. The van der Waals surface area contributed by atoms with Crippen molar-refractivity contribution < 1.29 is 14.7 Å². The molecule has 0 saturated heterocycles. The number of hydrogen-bond acceptors (Lipinski definition) is 4. The average molecular weight is 281 g/mol. The van der Waals surface area contributed by atoms with E-state index >= 15 is 0 Å². The summed E-state index contributed by atoms with van der Waals surface area (Å²) in [6.07, 6.45) is 0.385. The van der Waals surface area contributed by atoms with E-state index in [4.69, 9.17) is 10.9 Å². The van der Waals surface area contributed by atoms with Gasteiger partial charge in [-0.05, 0) is 30.2 Å². The minimum absolute atomic E-state index is 0.120.